The summed E-state index contributed by atoms with van der Waals surface area (Å²) in [4.78, 5) is 51.7. The first-order valence-corrected chi connectivity index (χ1v) is 11.9. The molecule has 0 saturated carbocycles. The summed E-state index contributed by atoms with van der Waals surface area (Å²) >= 11 is 0. The minimum Gasteiger partial charge on any atom is -0.386 e. The minimum atomic E-state index is -1.17. The summed E-state index contributed by atoms with van der Waals surface area (Å²) in [5.41, 5.74) is -2.56. The van der Waals surface area contributed by atoms with Gasteiger partial charge in [-0.05, 0) is 25.7 Å². The van der Waals surface area contributed by atoms with Crippen molar-refractivity contribution in [1.29, 1.82) is 0 Å². The van der Waals surface area contributed by atoms with E-state index in [2.05, 4.69) is 9.97 Å². The molecule has 0 aromatic carbocycles. The lowest BCUT2D eigenvalue weighted by Crippen LogP contribution is -2.40. The fraction of sp³-hybridized carbons (Fsp3) is 0.636. The number of aromatic nitrogens is 4. The summed E-state index contributed by atoms with van der Waals surface area (Å²) in [6.45, 7) is 0.640. The molecule has 3 aliphatic rings. The van der Waals surface area contributed by atoms with Gasteiger partial charge in [0.05, 0.1) is 12.2 Å². The lowest BCUT2D eigenvalue weighted by molar-refractivity contribution is -0.0761. The highest BCUT2D eigenvalue weighted by molar-refractivity contribution is 4.97. The van der Waals surface area contributed by atoms with Crippen LogP contribution in [0.4, 0.5) is 0 Å². The molecule has 8 atom stereocenters. The molecule has 5 heterocycles. The fourth-order valence-electron chi connectivity index (χ4n) is 5.00. The Morgan fingerprint density at radius 2 is 1.14 bits per heavy atom. The zero-order chi connectivity index (χ0) is 25.4. The van der Waals surface area contributed by atoms with E-state index in [4.69, 9.17) is 18.9 Å². The Balaban J connectivity index is 1.37. The molecule has 196 valence electrons. The first kappa shape index (κ1) is 24.8. The lowest BCUT2D eigenvalue weighted by Gasteiger charge is -2.25. The number of nitrogens with one attached hydrogen (secondary N) is 2. The van der Waals surface area contributed by atoms with Crippen molar-refractivity contribution in [2.75, 3.05) is 13.2 Å². The molecule has 36 heavy (non-hydrogen) atoms. The van der Waals surface area contributed by atoms with Crippen LogP contribution in [0.5, 0.6) is 0 Å². The predicted molar refractivity (Wildman–Crippen MR) is 120 cm³/mol. The van der Waals surface area contributed by atoms with E-state index in [1.165, 1.54) is 12.4 Å². The highest BCUT2D eigenvalue weighted by Crippen LogP contribution is 2.37. The van der Waals surface area contributed by atoms with Crippen LogP contribution in [0.2, 0.25) is 0 Å². The Bertz CT molecular complexity index is 1200. The van der Waals surface area contributed by atoms with E-state index >= 15 is 0 Å². The number of hydrogen-bond acceptors (Lipinski definition) is 10. The Hall–Kier alpha value is -2.88. The van der Waals surface area contributed by atoms with Crippen molar-refractivity contribution in [3.63, 3.8) is 0 Å². The molecule has 5 rings (SSSR count). The maximum Gasteiger partial charge on any atom is 0.330 e. The molecule has 0 bridgehead atoms. The van der Waals surface area contributed by atoms with Crippen LogP contribution in [0, 0.1) is 0 Å². The van der Waals surface area contributed by atoms with Gasteiger partial charge in [0.1, 0.15) is 24.4 Å². The average Bonchev–Trinajstić information content (AvgIpc) is 3.30. The van der Waals surface area contributed by atoms with Crippen molar-refractivity contribution in [3.8, 4) is 0 Å². The molecule has 0 amide bonds. The van der Waals surface area contributed by atoms with Gasteiger partial charge in [-0.15, -0.1) is 0 Å². The molecular weight excluding hydrogens is 480 g/mol. The van der Waals surface area contributed by atoms with Crippen molar-refractivity contribution in [3.05, 3.63) is 66.2 Å². The topological polar surface area (TPSA) is 187 Å². The molecule has 0 spiro atoms. The van der Waals surface area contributed by atoms with Crippen molar-refractivity contribution in [1.82, 2.24) is 19.1 Å². The van der Waals surface area contributed by atoms with Crippen LogP contribution in [-0.2, 0) is 18.9 Å². The van der Waals surface area contributed by atoms with E-state index in [1.54, 1.807) is 0 Å². The van der Waals surface area contributed by atoms with Gasteiger partial charge < -0.3 is 29.2 Å². The van der Waals surface area contributed by atoms with Gasteiger partial charge in [0, 0.05) is 37.7 Å². The number of H-pyrrole nitrogens is 2. The van der Waals surface area contributed by atoms with Gasteiger partial charge in [-0.25, -0.2) is 9.59 Å². The first-order chi connectivity index (χ1) is 17.3. The normalized spacial score (nSPS) is 35.4. The SMILES string of the molecule is O=c1ccn([C@@H]2O[C@@H]3CC[C@H]4O[C@@H](n5ccc(=O)[nH]c5=O)[C@H](O)[C@H]4OCCCCO[C@@H]3[C@H]2O)c(=O)[nH]1. The van der Waals surface area contributed by atoms with Crippen molar-refractivity contribution >= 4 is 0 Å². The number of rotatable bonds is 2. The summed E-state index contributed by atoms with van der Waals surface area (Å²) in [5, 5.41) is 21.9. The summed E-state index contributed by atoms with van der Waals surface area (Å²) in [6, 6.07) is 2.33. The molecule has 2 aromatic heterocycles. The number of fused-ring (bicyclic) bond motifs is 2. The summed E-state index contributed by atoms with van der Waals surface area (Å²) in [7, 11) is 0. The van der Waals surface area contributed by atoms with Crippen LogP contribution in [0.1, 0.15) is 38.1 Å². The molecule has 3 saturated heterocycles. The number of aliphatic hydroxyl groups is 2. The Morgan fingerprint density at radius 1 is 0.722 bits per heavy atom. The quantitative estimate of drug-likeness (QED) is 0.352. The molecule has 14 heteroatoms. The van der Waals surface area contributed by atoms with Gasteiger partial charge in [0.15, 0.2) is 12.5 Å². The predicted octanol–water partition coefficient (Wildman–Crippen LogP) is -2.05. The highest BCUT2D eigenvalue weighted by atomic mass is 16.6. The van der Waals surface area contributed by atoms with Gasteiger partial charge in [-0.3, -0.25) is 28.7 Å². The number of nitrogens with zero attached hydrogens (tertiary/aromatic N) is 2. The van der Waals surface area contributed by atoms with Gasteiger partial charge in [-0.1, -0.05) is 0 Å². The molecule has 0 radical (unpaired) electrons. The third-order valence-corrected chi connectivity index (χ3v) is 6.76. The van der Waals surface area contributed by atoms with E-state index in [1.807, 2.05) is 0 Å². The number of aliphatic hydroxyl groups excluding tert-OH is 2. The van der Waals surface area contributed by atoms with Crippen molar-refractivity contribution < 1.29 is 29.2 Å². The Labute approximate surface area is 203 Å². The molecule has 0 unspecified atom stereocenters. The Kier molecular flexibility index (Phi) is 7.05. The third kappa shape index (κ3) is 4.75. The molecule has 0 aliphatic carbocycles. The van der Waals surface area contributed by atoms with Crippen LogP contribution < -0.4 is 22.5 Å². The number of ether oxygens (including phenoxy) is 4. The third-order valence-electron chi connectivity index (χ3n) is 6.76. The van der Waals surface area contributed by atoms with Crippen LogP contribution >= 0.6 is 0 Å². The van der Waals surface area contributed by atoms with E-state index in [0.29, 0.717) is 38.9 Å². The van der Waals surface area contributed by atoms with Crippen molar-refractivity contribution in [2.45, 2.75) is 74.8 Å². The maximum absolute atomic E-state index is 12.3. The monoisotopic (exact) mass is 508 g/mol. The van der Waals surface area contributed by atoms with Crippen LogP contribution in [0.25, 0.3) is 0 Å². The molecule has 2 aromatic rings. The van der Waals surface area contributed by atoms with Crippen LogP contribution in [0.15, 0.2) is 43.7 Å². The van der Waals surface area contributed by atoms with Crippen LogP contribution in [-0.4, -0.2) is 79.2 Å². The summed E-state index contributed by atoms with van der Waals surface area (Å²) in [5.74, 6) is 0. The van der Waals surface area contributed by atoms with Crippen LogP contribution in [0.3, 0.4) is 0 Å². The summed E-state index contributed by atoms with van der Waals surface area (Å²) in [6.07, 6.45) is -2.83. The van der Waals surface area contributed by atoms with Gasteiger partial charge in [-0.2, -0.15) is 0 Å². The molecule has 3 aliphatic heterocycles. The second-order valence-electron chi connectivity index (χ2n) is 9.10. The van der Waals surface area contributed by atoms with E-state index in [0.717, 1.165) is 21.3 Å². The maximum atomic E-state index is 12.3. The van der Waals surface area contributed by atoms with Gasteiger partial charge >= 0.3 is 11.4 Å². The minimum absolute atomic E-state index is 0.320. The molecule has 3 fully saturated rings. The first-order valence-electron chi connectivity index (χ1n) is 11.9. The zero-order valence-corrected chi connectivity index (χ0v) is 19.2. The Morgan fingerprint density at radius 3 is 1.53 bits per heavy atom. The van der Waals surface area contributed by atoms with Gasteiger partial charge in [0.2, 0.25) is 0 Å². The largest absolute Gasteiger partial charge is 0.386 e. The van der Waals surface area contributed by atoms with E-state index in [-0.39, 0.29) is 0 Å². The molecule has 4 N–H and O–H groups in total. The molecule has 14 nitrogen and oxygen atoms in total. The summed E-state index contributed by atoms with van der Waals surface area (Å²) < 4.78 is 26.1. The zero-order valence-electron chi connectivity index (χ0n) is 19.2. The molecular formula is C22H28N4O10. The van der Waals surface area contributed by atoms with E-state index < -0.39 is 71.6 Å². The highest BCUT2D eigenvalue weighted by Gasteiger charge is 2.49. The van der Waals surface area contributed by atoms with E-state index in [9.17, 15) is 29.4 Å². The number of hydrogen-bond donors (Lipinski definition) is 4. The second kappa shape index (κ2) is 10.2. The van der Waals surface area contributed by atoms with Gasteiger partial charge in [0.25, 0.3) is 11.1 Å². The fourth-order valence-corrected chi connectivity index (χ4v) is 5.00. The standard InChI is InChI=1S/C22H28N4O10/c27-13-5-7-25(21(31)23-13)19-15(29)17-11(35-19)3-4-12-18(34-10-2-1-9-33-17)16(30)20(36-12)26-8-6-14(28)24-22(26)32/h5-8,11-12,15-20,29-30H,1-4,9-10H2,(H,23,27,31)(H,24,28,32)/t11-,12-,15-,16-,17+,18+,19-,20-/m1/s1. The average molecular weight is 508 g/mol. The lowest BCUT2D eigenvalue weighted by atomic mass is 9.99. The number of aromatic amines is 2. The van der Waals surface area contributed by atoms with Crippen molar-refractivity contribution in [2.24, 2.45) is 0 Å². The smallest absolute Gasteiger partial charge is 0.330 e. The second-order valence-corrected chi connectivity index (χ2v) is 9.10.